The molecule has 0 unspecified atom stereocenters. The van der Waals surface area contributed by atoms with Crippen LogP contribution < -0.4 is 20.8 Å². The molecule has 0 saturated carbocycles. The summed E-state index contributed by atoms with van der Waals surface area (Å²) in [4.78, 5) is 15.1. The molecule has 148 valence electrons. The highest BCUT2D eigenvalue weighted by atomic mass is 32.1. The predicted molar refractivity (Wildman–Crippen MR) is 117 cm³/mol. The van der Waals surface area contributed by atoms with Crippen LogP contribution in [0.25, 0.3) is 10.2 Å². The second-order valence-electron chi connectivity index (χ2n) is 6.23. The number of hydrogen-bond donors (Lipinski definition) is 3. The quantitative estimate of drug-likeness (QED) is 0.330. The fraction of sp³-hybridized carbons (Fsp3) is 0. The molecule has 8 nitrogen and oxygen atoms in total. The Morgan fingerprint density at radius 3 is 2.37 bits per heavy atom. The zero-order valence-corrected chi connectivity index (χ0v) is 16.4. The van der Waals surface area contributed by atoms with Gasteiger partial charge in [-0.15, -0.1) is 11.3 Å². The summed E-state index contributed by atoms with van der Waals surface area (Å²) >= 11 is 1.27. The van der Waals surface area contributed by atoms with Crippen molar-refractivity contribution in [2.75, 3.05) is 10.7 Å². The van der Waals surface area contributed by atoms with Crippen molar-refractivity contribution in [1.29, 1.82) is 5.41 Å². The van der Waals surface area contributed by atoms with Gasteiger partial charge in [0.25, 0.3) is 5.69 Å². The number of fused-ring (bicyclic) bond motifs is 1. The zero-order valence-electron chi connectivity index (χ0n) is 15.6. The Morgan fingerprint density at radius 2 is 1.63 bits per heavy atom. The molecule has 0 aliphatic rings. The number of non-ortho nitro benzene ring substituents is 1. The van der Waals surface area contributed by atoms with Gasteiger partial charge in [0.2, 0.25) is 0 Å². The molecule has 0 aliphatic heterocycles. The van der Waals surface area contributed by atoms with Crippen LogP contribution in [0, 0.1) is 15.5 Å². The summed E-state index contributed by atoms with van der Waals surface area (Å²) in [7, 11) is 0. The number of benzene rings is 3. The number of anilines is 3. The lowest BCUT2D eigenvalue weighted by atomic mass is 10.3. The van der Waals surface area contributed by atoms with Gasteiger partial charge in [0, 0.05) is 17.8 Å². The van der Waals surface area contributed by atoms with Gasteiger partial charge < -0.3 is 5.32 Å². The molecule has 0 spiro atoms. The summed E-state index contributed by atoms with van der Waals surface area (Å²) in [5.74, 6) is 0.429. The van der Waals surface area contributed by atoms with E-state index < -0.39 is 4.92 Å². The van der Waals surface area contributed by atoms with E-state index in [0.29, 0.717) is 16.9 Å². The Kier molecular flexibility index (Phi) is 5.44. The molecule has 0 saturated heterocycles. The van der Waals surface area contributed by atoms with E-state index in [2.05, 4.69) is 15.8 Å². The molecule has 30 heavy (non-hydrogen) atoms. The fourth-order valence-corrected chi connectivity index (χ4v) is 3.53. The summed E-state index contributed by atoms with van der Waals surface area (Å²) in [5.41, 5.74) is 4.99. The molecule has 1 heterocycles. The van der Waals surface area contributed by atoms with Gasteiger partial charge in [-0.3, -0.25) is 20.9 Å². The Hall–Kier alpha value is -4.11. The molecule has 4 aromatic rings. The average Bonchev–Trinajstić information content (AvgIpc) is 2.88. The predicted octanol–water partition coefficient (Wildman–Crippen LogP) is 4.36. The molecule has 3 aromatic carbocycles. The second-order valence-corrected chi connectivity index (χ2v) is 7.28. The van der Waals surface area contributed by atoms with Gasteiger partial charge in [-0.2, -0.15) is 5.10 Å². The van der Waals surface area contributed by atoms with E-state index >= 15 is 0 Å². The summed E-state index contributed by atoms with van der Waals surface area (Å²) in [6, 6.07) is 23.0. The first-order valence-corrected chi connectivity index (χ1v) is 9.77. The van der Waals surface area contributed by atoms with Gasteiger partial charge in [0.1, 0.15) is 4.67 Å². The van der Waals surface area contributed by atoms with Crippen molar-refractivity contribution in [1.82, 2.24) is 4.98 Å². The Labute approximate surface area is 174 Å². The van der Waals surface area contributed by atoms with E-state index in [1.165, 1.54) is 23.5 Å². The first-order chi connectivity index (χ1) is 14.6. The third kappa shape index (κ3) is 4.31. The number of nitro groups is 1. The number of nitrogens with zero attached hydrogens (tertiary/aromatic N) is 3. The van der Waals surface area contributed by atoms with Crippen LogP contribution in [0.15, 0.2) is 84.0 Å². The van der Waals surface area contributed by atoms with Crippen LogP contribution in [0.4, 0.5) is 22.9 Å². The van der Waals surface area contributed by atoms with Crippen molar-refractivity contribution in [3.05, 3.63) is 99.0 Å². The van der Waals surface area contributed by atoms with Crippen LogP contribution in [-0.4, -0.2) is 9.91 Å². The lowest BCUT2D eigenvalue weighted by molar-refractivity contribution is -0.384. The SMILES string of the molecule is N=c1sc2ccccc2nc(Nc2ccccc2)/c1=N/Nc1ccc([N+](=O)[O-])cc1. The van der Waals surface area contributed by atoms with E-state index in [1.807, 2.05) is 54.6 Å². The van der Waals surface area contributed by atoms with Crippen LogP contribution in [-0.2, 0) is 0 Å². The van der Waals surface area contributed by atoms with Gasteiger partial charge in [-0.05, 0) is 36.4 Å². The van der Waals surface area contributed by atoms with E-state index in [9.17, 15) is 10.1 Å². The Morgan fingerprint density at radius 1 is 0.933 bits per heavy atom. The van der Waals surface area contributed by atoms with Crippen LogP contribution in [0.3, 0.4) is 0 Å². The van der Waals surface area contributed by atoms with E-state index in [1.54, 1.807) is 12.1 Å². The molecule has 0 fully saturated rings. The normalized spacial score (nSPS) is 11.3. The van der Waals surface area contributed by atoms with Crippen molar-refractivity contribution >= 4 is 44.4 Å². The fourth-order valence-electron chi connectivity index (χ4n) is 2.70. The molecule has 0 amide bonds. The molecule has 0 aliphatic carbocycles. The first kappa shape index (κ1) is 19.2. The highest BCUT2D eigenvalue weighted by Gasteiger charge is 2.06. The minimum absolute atomic E-state index is 0.00517. The molecule has 3 N–H and O–H groups in total. The van der Waals surface area contributed by atoms with Crippen molar-refractivity contribution in [3.8, 4) is 0 Å². The molecule has 4 rings (SSSR count). The highest BCUT2D eigenvalue weighted by molar-refractivity contribution is 7.15. The van der Waals surface area contributed by atoms with Gasteiger partial charge in [-0.25, -0.2) is 4.98 Å². The van der Waals surface area contributed by atoms with Crippen LogP contribution in [0.1, 0.15) is 0 Å². The zero-order chi connectivity index (χ0) is 20.9. The van der Waals surface area contributed by atoms with Crippen molar-refractivity contribution in [2.45, 2.75) is 0 Å². The molecular weight excluding hydrogens is 400 g/mol. The molecule has 1 aromatic heterocycles. The van der Waals surface area contributed by atoms with Crippen molar-refractivity contribution in [3.63, 3.8) is 0 Å². The number of nitrogens with one attached hydrogen (secondary N) is 3. The minimum atomic E-state index is -0.459. The summed E-state index contributed by atoms with van der Waals surface area (Å²) in [6.45, 7) is 0. The summed E-state index contributed by atoms with van der Waals surface area (Å²) in [6.07, 6.45) is 0. The van der Waals surface area contributed by atoms with Crippen LogP contribution >= 0.6 is 11.3 Å². The molecule has 0 atom stereocenters. The lowest BCUT2D eigenvalue weighted by Gasteiger charge is -2.04. The largest absolute Gasteiger partial charge is 0.338 e. The van der Waals surface area contributed by atoms with Crippen molar-refractivity contribution < 1.29 is 4.92 Å². The maximum absolute atomic E-state index is 10.8. The molecule has 0 bridgehead atoms. The topological polar surface area (TPSA) is 116 Å². The van der Waals surface area contributed by atoms with Gasteiger partial charge >= 0.3 is 0 Å². The minimum Gasteiger partial charge on any atom is -0.338 e. The molecule has 0 radical (unpaired) electrons. The average molecular weight is 416 g/mol. The Balaban J connectivity index is 1.83. The number of hydrogen-bond acceptors (Lipinski definition) is 8. The molecule has 9 heteroatoms. The van der Waals surface area contributed by atoms with Gasteiger partial charge in [0.05, 0.1) is 20.8 Å². The summed E-state index contributed by atoms with van der Waals surface area (Å²) < 4.78 is 1.08. The van der Waals surface area contributed by atoms with Crippen molar-refractivity contribution in [2.24, 2.45) is 5.10 Å². The van der Waals surface area contributed by atoms with Crippen LogP contribution in [0.5, 0.6) is 0 Å². The summed E-state index contributed by atoms with van der Waals surface area (Å²) in [5, 5.41) is 27.3. The Bertz CT molecular complexity index is 1340. The number of para-hydroxylation sites is 2. The number of nitro benzene ring substituents is 1. The van der Waals surface area contributed by atoms with Crippen LogP contribution in [0.2, 0.25) is 0 Å². The number of rotatable bonds is 5. The van der Waals surface area contributed by atoms with E-state index in [-0.39, 0.29) is 10.4 Å². The van der Waals surface area contributed by atoms with Gasteiger partial charge in [0.15, 0.2) is 11.2 Å². The smallest absolute Gasteiger partial charge is 0.269 e. The van der Waals surface area contributed by atoms with E-state index in [0.717, 1.165) is 15.9 Å². The molecular formula is C21H16N6O2S. The standard InChI is InChI=1S/C21H16N6O2S/c22-20-19(26-25-15-10-12-16(13-11-15)27(28)29)21(23-14-6-2-1-3-7-14)24-17-8-4-5-9-18(17)30-20/h1-13,22,25H,(H,23,24)/b22-20?,26-19+. The second kappa shape index (κ2) is 8.50. The monoisotopic (exact) mass is 416 g/mol. The maximum Gasteiger partial charge on any atom is 0.269 e. The number of aromatic nitrogens is 1. The maximum atomic E-state index is 10.8. The van der Waals surface area contributed by atoms with E-state index in [4.69, 9.17) is 10.4 Å². The first-order valence-electron chi connectivity index (χ1n) is 8.95. The highest BCUT2D eigenvalue weighted by Crippen LogP contribution is 2.17. The van der Waals surface area contributed by atoms with Gasteiger partial charge in [-0.1, -0.05) is 30.3 Å². The lowest BCUT2D eigenvalue weighted by Crippen LogP contribution is -2.25. The third-order valence-electron chi connectivity index (χ3n) is 4.16. The third-order valence-corrected chi connectivity index (χ3v) is 5.12.